The molecule has 0 bridgehead atoms. The van der Waals surface area contributed by atoms with Gasteiger partial charge in [0.05, 0.1) is 8.95 Å². The van der Waals surface area contributed by atoms with E-state index >= 15 is 0 Å². The van der Waals surface area contributed by atoms with Gasteiger partial charge in [0.2, 0.25) is 0 Å². The minimum atomic E-state index is -0.431. The Morgan fingerprint density at radius 2 is 1.36 bits per heavy atom. The summed E-state index contributed by atoms with van der Waals surface area (Å²) in [6.45, 7) is 1.46. The van der Waals surface area contributed by atoms with Crippen LogP contribution < -0.4 is 0 Å². The van der Waals surface area contributed by atoms with E-state index in [9.17, 15) is 8.78 Å². The van der Waals surface area contributed by atoms with Crippen LogP contribution >= 0.6 is 95.6 Å². The summed E-state index contributed by atoms with van der Waals surface area (Å²) >= 11 is 19.3. The quantitative estimate of drug-likeness (QED) is 0.207. The van der Waals surface area contributed by atoms with E-state index in [-0.39, 0.29) is 5.82 Å². The molecular weight excluding hydrogens is 686 g/mol. The molecule has 0 heterocycles. The van der Waals surface area contributed by atoms with Crippen molar-refractivity contribution < 1.29 is 8.78 Å². The van der Waals surface area contributed by atoms with Crippen molar-refractivity contribution in [3.05, 3.63) is 62.0 Å². The summed E-state index contributed by atoms with van der Waals surface area (Å²) < 4.78 is 29.5. The van der Waals surface area contributed by atoms with Gasteiger partial charge in [-0.05, 0) is 100.0 Å². The molecule has 22 heavy (non-hydrogen) atoms. The average molecular weight is 694 g/mol. The van der Waals surface area contributed by atoms with Gasteiger partial charge in [-0.1, -0.05) is 31.9 Å². The van der Waals surface area contributed by atoms with Crippen LogP contribution in [0.4, 0.5) is 8.78 Å². The number of benzene rings is 2. The molecule has 0 unspecified atom stereocenters. The van der Waals surface area contributed by atoms with Gasteiger partial charge in [-0.2, -0.15) is 0 Å². The average Bonchev–Trinajstić information content (AvgIpc) is 2.52. The lowest BCUT2D eigenvalue weighted by molar-refractivity contribution is 0.484. The maximum Gasteiger partial charge on any atom is 0.153 e. The highest BCUT2D eigenvalue weighted by Gasteiger charge is 2.15. The van der Waals surface area contributed by atoms with Crippen molar-refractivity contribution in [1.29, 1.82) is 0 Å². The molecular formula is C14H8Br6F2. The van der Waals surface area contributed by atoms with Crippen molar-refractivity contribution in [1.82, 2.24) is 0 Å². The van der Waals surface area contributed by atoms with E-state index in [0.29, 0.717) is 14.5 Å². The molecule has 0 fully saturated rings. The van der Waals surface area contributed by atoms with Gasteiger partial charge in [0, 0.05) is 17.9 Å². The zero-order valence-corrected chi connectivity index (χ0v) is 20.5. The molecule has 2 aromatic carbocycles. The molecule has 0 atom stereocenters. The summed E-state index contributed by atoms with van der Waals surface area (Å²) in [5.74, 6) is -0.306. The monoisotopic (exact) mass is 688 g/mol. The summed E-state index contributed by atoms with van der Waals surface area (Å²) in [6.07, 6.45) is 0. The molecule has 0 radical (unpaired) electrons. The lowest BCUT2D eigenvalue weighted by Crippen LogP contribution is -1.88. The van der Waals surface area contributed by atoms with Crippen LogP contribution in [0.2, 0.25) is 0 Å². The Morgan fingerprint density at radius 1 is 0.864 bits per heavy atom. The standard InChI is InChI=1S/C7H3Br4F.C7H5Br2F/c1-2-3(8)5(10)7(12)6(11)4(2)9;8-6-1-2-7(9)5(3-6)4-10/h1H3;1-3H,4H2. The zero-order valence-electron chi connectivity index (χ0n) is 11.0. The number of hydrogen-bond donors (Lipinski definition) is 0. The van der Waals surface area contributed by atoms with Gasteiger partial charge < -0.3 is 0 Å². The van der Waals surface area contributed by atoms with Crippen LogP contribution in [0.25, 0.3) is 0 Å². The third-order valence-corrected chi connectivity index (χ3v) is 8.38. The molecule has 0 saturated heterocycles. The summed E-state index contributed by atoms with van der Waals surface area (Å²) in [6, 6.07) is 5.44. The van der Waals surface area contributed by atoms with Crippen molar-refractivity contribution in [2.24, 2.45) is 0 Å². The fourth-order valence-corrected chi connectivity index (χ4v) is 4.39. The highest BCUT2D eigenvalue weighted by Crippen LogP contribution is 2.39. The van der Waals surface area contributed by atoms with Crippen LogP contribution in [0, 0.1) is 12.7 Å². The van der Waals surface area contributed by atoms with Gasteiger partial charge in [-0.15, -0.1) is 0 Å². The second kappa shape index (κ2) is 9.61. The predicted molar refractivity (Wildman–Crippen MR) is 109 cm³/mol. The first-order chi connectivity index (χ1) is 10.2. The summed E-state index contributed by atoms with van der Waals surface area (Å²) in [4.78, 5) is 0. The first kappa shape index (κ1) is 21.2. The Morgan fingerprint density at radius 3 is 1.77 bits per heavy atom. The van der Waals surface area contributed by atoms with Crippen molar-refractivity contribution in [3.8, 4) is 0 Å². The van der Waals surface area contributed by atoms with Gasteiger partial charge in [-0.25, -0.2) is 8.78 Å². The van der Waals surface area contributed by atoms with Gasteiger partial charge in [0.1, 0.15) is 6.67 Å². The normalized spacial score (nSPS) is 10.2. The second-order valence-corrected chi connectivity index (χ2v) is 9.01. The molecule has 0 spiro atoms. The van der Waals surface area contributed by atoms with Crippen molar-refractivity contribution in [2.45, 2.75) is 13.6 Å². The molecule has 0 N–H and O–H groups in total. The third-order valence-electron chi connectivity index (χ3n) is 2.58. The Balaban J connectivity index is 0.000000224. The molecule has 0 aromatic heterocycles. The minimum absolute atomic E-state index is 0.306. The van der Waals surface area contributed by atoms with E-state index in [1.165, 1.54) is 0 Å². The maximum atomic E-state index is 13.3. The van der Waals surface area contributed by atoms with E-state index in [0.717, 1.165) is 23.5 Å². The SMILES string of the molecule is Cc1c(Br)c(Br)c(F)c(Br)c1Br.FCc1cc(Br)ccc1Br. The van der Waals surface area contributed by atoms with E-state index in [1.54, 1.807) is 6.07 Å². The fourth-order valence-electron chi connectivity index (χ4n) is 1.36. The summed E-state index contributed by atoms with van der Waals surface area (Å²) in [7, 11) is 0. The van der Waals surface area contributed by atoms with Crippen LogP contribution in [0.5, 0.6) is 0 Å². The summed E-state index contributed by atoms with van der Waals surface area (Å²) in [5.41, 5.74) is 1.63. The third kappa shape index (κ3) is 5.34. The molecule has 0 aliphatic heterocycles. The molecule has 8 heteroatoms. The minimum Gasteiger partial charge on any atom is -0.246 e. The molecule has 0 aliphatic rings. The maximum absolute atomic E-state index is 13.3. The number of rotatable bonds is 1. The molecule has 2 aromatic rings. The fraction of sp³-hybridized carbons (Fsp3) is 0.143. The highest BCUT2D eigenvalue weighted by molar-refractivity contribution is 9.14. The number of hydrogen-bond acceptors (Lipinski definition) is 0. The van der Waals surface area contributed by atoms with Gasteiger partial charge >= 0.3 is 0 Å². The van der Waals surface area contributed by atoms with Crippen molar-refractivity contribution in [2.75, 3.05) is 0 Å². The smallest absolute Gasteiger partial charge is 0.153 e. The van der Waals surface area contributed by atoms with Crippen molar-refractivity contribution >= 4 is 95.6 Å². The number of alkyl halides is 1. The Kier molecular flexibility index (Phi) is 9.27. The molecule has 0 saturated carbocycles. The second-order valence-electron chi connectivity index (χ2n) is 4.06. The highest BCUT2D eigenvalue weighted by atomic mass is 79.9. The van der Waals surface area contributed by atoms with Crippen LogP contribution in [0.15, 0.2) is 45.0 Å². The molecule has 0 amide bonds. The van der Waals surface area contributed by atoms with E-state index in [4.69, 9.17) is 0 Å². The van der Waals surface area contributed by atoms with Crippen LogP contribution in [0.3, 0.4) is 0 Å². The first-order valence-electron chi connectivity index (χ1n) is 5.68. The zero-order chi connectivity index (χ0) is 17.0. The van der Waals surface area contributed by atoms with Crippen LogP contribution in [-0.4, -0.2) is 0 Å². The lowest BCUT2D eigenvalue weighted by Gasteiger charge is -2.07. The predicted octanol–water partition coefficient (Wildman–Crippen LogP) is 8.87. The van der Waals surface area contributed by atoms with Gasteiger partial charge in [0.15, 0.2) is 5.82 Å². The molecule has 0 aliphatic carbocycles. The Hall–Kier alpha value is 1.18. The van der Waals surface area contributed by atoms with Gasteiger partial charge in [-0.3, -0.25) is 0 Å². The molecule has 120 valence electrons. The summed E-state index contributed by atoms with van der Waals surface area (Å²) in [5, 5.41) is 0. The van der Waals surface area contributed by atoms with Crippen LogP contribution in [0.1, 0.15) is 11.1 Å². The van der Waals surface area contributed by atoms with E-state index in [1.807, 2.05) is 19.1 Å². The first-order valence-corrected chi connectivity index (χ1v) is 10.4. The van der Waals surface area contributed by atoms with Crippen molar-refractivity contribution in [3.63, 3.8) is 0 Å². The van der Waals surface area contributed by atoms with E-state index < -0.39 is 6.67 Å². The Bertz CT molecular complexity index is 583. The van der Waals surface area contributed by atoms with Crippen LogP contribution in [-0.2, 0) is 6.67 Å². The topological polar surface area (TPSA) is 0 Å². The van der Waals surface area contributed by atoms with E-state index in [2.05, 4.69) is 95.6 Å². The lowest BCUT2D eigenvalue weighted by atomic mass is 10.2. The molecule has 0 nitrogen and oxygen atoms in total. The molecule has 2 rings (SSSR count). The number of halogens is 8. The van der Waals surface area contributed by atoms with Gasteiger partial charge in [0.25, 0.3) is 0 Å². The Labute approximate surface area is 178 Å². The largest absolute Gasteiger partial charge is 0.246 e.